The maximum atomic E-state index is 13.3. The predicted molar refractivity (Wildman–Crippen MR) is 58.4 cm³/mol. The average Bonchev–Trinajstić information content (AvgIpc) is 2.25. The zero-order chi connectivity index (χ0) is 11.3. The van der Waals surface area contributed by atoms with Crippen molar-refractivity contribution < 1.29 is 9.13 Å². The molecule has 0 heterocycles. The van der Waals surface area contributed by atoms with Crippen molar-refractivity contribution in [2.45, 2.75) is 12.5 Å². The van der Waals surface area contributed by atoms with Crippen LogP contribution in [0.15, 0.2) is 18.2 Å². The van der Waals surface area contributed by atoms with E-state index in [1.165, 1.54) is 13.2 Å². The Morgan fingerprint density at radius 3 is 2.80 bits per heavy atom. The highest BCUT2D eigenvalue weighted by Gasteiger charge is 2.09. The van der Waals surface area contributed by atoms with E-state index in [0.29, 0.717) is 0 Å². The molecule has 1 rings (SSSR count). The Hall–Kier alpha value is -1.13. The second kappa shape index (κ2) is 5.68. The molecule has 0 aromatic heterocycles. The minimum Gasteiger partial charge on any atom is -0.494 e. The van der Waals surface area contributed by atoms with Crippen LogP contribution in [-0.2, 0) is 0 Å². The Labute approximate surface area is 89.4 Å². The summed E-state index contributed by atoms with van der Waals surface area (Å²) in [6, 6.07) is 4.68. The first-order valence-electron chi connectivity index (χ1n) is 4.92. The molecule has 0 fully saturated rings. The van der Waals surface area contributed by atoms with Gasteiger partial charge in [0.2, 0.25) is 0 Å². The predicted octanol–water partition coefficient (Wildman–Crippen LogP) is 1.44. The molecule has 1 aromatic carbocycles. The van der Waals surface area contributed by atoms with Crippen molar-refractivity contribution in [2.24, 2.45) is 5.73 Å². The summed E-state index contributed by atoms with van der Waals surface area (Å²) in [6.45, 7) is 0.814. The molecule has 15 heavy (non-hydrogen) atoms. The lowest BCUT2D eigenvalue weighted by molar-refractivity contribution is 0.385. The van der Waals surface area contributed by atoms with Gasteiger partial charge in [0.1, 0.15) is 0 Å². The molecule has 0 radical (unpaired) electrons. The molecule has 0 aliphatic rings. The second-order valence-electron chi connectivity index (χ2n) is 3.39. The monoisotopic (exact) mass is 212 g/mol. The van der Waals surface area contributed by atoms with Crippen molar-refractivity contribution in [1.29, 1.82) is 0 Å². The van der Waals surface area contributed by atoms with E-state index >= 15 is 0 Å². The van der Waals surface area contributed by atoms with E-state index < -0.39 is 0 Å². The molecule has 0 saturated carbocycles. The Bertz CT molecular complexity index is 317. The number of hydrogen-bond acceptors (Lipinski definition) is 3. The highest BCUT2D eigenvalue weighted by Crippen LogP contribution is 2.21. The molecule has 0 amide bonds. The Balaban J connectivity index is 2.73. The van der Waals surface area contributed by atoms with Crippen LogP contribution in [-0.4, -0.2) is 20.7 Å². The molecular weight excluding hydrogens is 195 g/mol. The summed E-state index contributed by atoms with van der Waals surface area (Å²) in [5, 5.41) is 3.01. The van der Waals surface area contributed by atoms with E-state index in [4.69, 9.17) is 10.5 Å². The van der Waals surface area contributed by atoms with Crippen LogP contribution in [0.4, 0.5) is 4.39 Å². The van der Waals surface area contributed by atoms with Gasteiger partial charge in [-0.05, 0) is 37.7 Å². The summed E-state index contributed by atoms with van der Waals surface area (Å²) in [5.74, 6) is -0.116. The molecular formula is C11H17FN2O. The summed E-state index contributed by atoms with van der Waals surface area (Å²) in [7, 11) is 3.31. The van der Waals surface area contributed by atoms with Crippen LogP contribution in [0.25, 0.3) is 0 Å². The normalized spacial score (nSPS) is 12.5. The third kappa shape index (κ3) is 3.18. The minimum absolute atomic E-state index is 0.141. The molecule has 3 N–H and O–H groups in total. The average molecular weight is 212 g/mol. The van der Waals surface area contributed by atoms with Crippen LogP contribution in [0, 0.1) is 5.82 Å². The highest BCUT2D eigenvalue weighted by atomic mass is 19.1. The van der Waals surface area contributed by atoms with Crippen molar-refractivity contribution in [3.05, 3.63) is 29.6 Å². The van der Waals surface area contributed by atoms with Gasteiger partial charge in [-0.2, -0.15) is 0 Å². The van der Waals surface area contributed by atoms with E-state index in [1.54, 1.807) is 12.1 Å². The van der Waals surface area contributed by atoms with Gasteiger partial charge in [0, 0.05) is 6.04 Å². The topological polar surface area (TPSA) is 47.3 Å². The van der Waals surface area contributed by atoms with Gasteiger partial charge in [0.15, 0.2) is 11.6 Å². The molecule has 1 aromatic rings. The van der Waals surface area contributed by atoms with Crippen LogP contribution in [0.3, 0.4) is 0 Å². The van der Waals surface area contributed by atoms with Gasteiger partial charge in [-0.15, -0.1) is 0 Å². The molecule has 0 aliphatic heterocycles. The Kier molecular flexibility index (Phi) is 4.52. The van der Waals surface area contributed by atoms with Gasteiger partial charge in [0.25, 0.3) is 0 Å². The lowest BCUT2D eigenvalue weighted by Crippen LogP contribution is -2.18. The number of methoxy groups -OCH3 is 1. The van der Waals surface area contributed by atoms with E-state index in [-0.39, 0.29) is 17.6 Å². The Morgan fingerprint density at radius 1 is 1.53 bits per heavy atom. The van der Waals surface area contributed by atoms with Gasteiger partial charge < -0.3 is 15.8 Å². The van der Waals surface area contributed by atoms with E-state index in [0.717, 1.165) is 18.5 Å². The van der Waals surface area contributed by atoms with E-state index in [1.807, 2.05) is 7.05 Å². The molecule has 1 unspecified atom stereocenters. The standard InChI is InChI=1S/C11H17FN2O/c1-14-6-5-10(13)8-3-4-11(15-2)9(12)7-8/h3-4,7,10,14H,5-6,13H2,1-2H3. The van der Waals surface area contributed by atoms with Crippen molar-refractivity contribution in [3.8, 4) is 5.75 Å². The fourth-order valence-corrected chi connectivity index (χ4v) is 1.38. The minimum atomic E-state index is -0.366. The van der Waals surface area contributed by atoms with Crippen molar-refractivity contribution in [3.63, 3.8) is 0 Å². The molecule has 0 aliphatic carbocycles. The third-order valence-corrected chi connectivity index (χ3v) is 2.31. The number of hydrogen-bond donors (Lipinski definition) is 2. The quantitative estimate of drug-likeness (QED) is 0.776. The number of nitrogens with two attached hydrogens (primary N) is 1. The first kappa shape index (κ1) is 11.9. The first-order chi connectivity index (χ1) is 7.19. The Morgan fingerprint density at radius 2 is 2.27 bits per heavy atom. The maximum absolute atomic E-state index is 13.3. The maximum Gasteiger partial charge on any atom is 0.165 e. The molecule has 0 bridgehead atoms. The van der Waals surface area contributed by atoms with Gasteiger partial charge in [-0.1, -0.05) is 6.07 Å². The SMILES string of the molecule is CNCCC(N)c1ccc(OC)c(F)c1. The molecule has 1 atom stereocenters. The summed E-state index contributed by atoms with van der Waals surface area (Å²) >= 11 is 0. The number of benzene rings is 1. The summed E-state index contributed by atoms with van der Waals surface area (Å²) < 4.78 is 18.2. The van der Waals surface area contributed by atoms with Crippen LogP contribution in [0.5, 0.6) is 5.75 Å². The number of ether oxygens (including phenoxy) is 1. The van der Waals surface area contributed by atoms with Crippen LogP contribution < -0.4 is 15.8 Å². The summed E-state index contributed by atoms with van der Waals surface area (Å²) in [4.78, 5) is 0. The molecule has 0 spiro atoms. The zero-order valence-electron chi connectivity index (χ0n) is 9.09. The summed E-state index contributed by atoms with van der Waals surface area (Å²) in [5.41, 5.74) is 6.69. The van der Waals surface area contributed by atoms with E-state index in [9.17, 15) is 4.39 Å². The zero-order valence-corrected chi connectivity index (χ0v) is 9.09. The van der Waals surface area contributed by atoms with Crippen molar-refractivity contribution in [2.75, 3.05) is 20.7 Å². The largest absolute Gasteiger partial charge is 0.494 e. The second-order valence-corrected chi connectivity index (χ2v) is 3.39. The lowest BCUT2D eigenvalue weighted by atomic mass is 10.0. The van der Waals surface area contributed by atoms with Gasteiger partial charge in [-0.3, -0.25) is 0 Å². The number of nitrogens with one attached hydrogen (secondary N) is 1. The lowest BCUT2D eigenvalue weighted by Gasteiger charge is -2.12. The molecule has 4 heteroatoms. The van der Waals surface area contributed by atoms with Crippen LogP contribution in [0.1, 0.15) is 18.0 Å². The van der Waals surface area contributed by atoms with Crippen LogP contribution in [0.2, 0.25) is 0 Å². The highest BCUT2D eigenvalue weighted by molar-refractivity contribution is 5.30. The van der Waals surface area contributed by atoms with Crippen molar-refractivity contribution >= 4 is 0 Å². The number of rotatable bonds is 5. The number of halogens is 1. The van der Waals surface area contributed by atoms with Gasteiger partial charge >= 0.3 is 0 Å². The van der Waals surface area contributed by atoms with Crippen molar-refractivity contribution in [1.82, 2.24) is 5.32 Å². The molecule has 0 saturated heterocycles. The molecule has 3 nitrogen and oxygen atoms in total. The fraction of sp³-hybridized carbons (Fsp3) is 0.455. The third-order valence-electron chi connectivity index (χ3n) is 2.31. The molecule has 84 valence electrons. The fourth-order valence-electron chi connectivity index (χ4n) is 1.38. The van der Waals surface area contributed by atoms with Gasteiger partial charge in [-0.25, -0.2) is 4.39 Å². The summed E-state index contributed by atoms with van der Waals surface area (Å²) in [6.07, 6.45) is 0.780. The first-order valence-corrected chi connectivity index (χ1v) is 4.92. The van der Waals surface area contributed by atoms with Gasteiger partial charge in [0.05, 0.1) is 7.11 Å². The van der Waals surface area contributed by atoms with Crippen LogP contribution >= 0.6 is 0 Å². The smallest absolute Gasteiger partial charge is 0.165 e. The van der Waals surface area contributed by atoms with E-state index in [2.05, 4.69) is 5.32 Å².